The van der Waals surface area contributed by atoms with E-state index < -0.39 is 12.0 Å². The van der Waals surface area contributed by atoms with Crippen molar-refractivity contribution in [2.75, 3.05) is 51.2 Å². The molecule has 2 aliphatic rings. The van der Waals surface area contributed by atoms with E-state index in [-0.39, 0.29) is 11.8 Å². The molecule has 39 heavy (non-hydrogen) atoms. The molecule has 1 saturated heterocycles. The summed E-state index contributed by atoms with van der Waals surface area (Å²) in [5.74, 6) is -0.639. The van der Waals surface area contributed by atoms with Crippen LogP contribution in [0.2, 0.25) is 5.02 Å². The molecular weight excluding hydrogens is 510 g/mol. The molecule has 0 bridgehead atoms. The zero-order valence-electron chi connectivity index (χ0n) is 21.9. The Balaban J connectivity index is 1.17. The van der Waals surface area contributed by atoms with Crippen LogP contribution in [0.15, 0.2) is 79.0 Å². The molecule has 2 atom stereocenters. The van der Waals surface area contributed by atoms with Gasteiger partial charge in [-0.25, -0.2) is 0 Å². The monoisotopic (exact) mass is 541 g/mol. The van der Waals surface area contributed by atoms with E-state index in [9.17, 15) is 9.59 Å². The van der Waals surface area contributed by atoms with E-state index >= 15 is 0 Å². The molecule has 2 unspecified atom stereocenters. The van der Waals surface area contributed by atoms with Gasteiger partial charge in [-0.05, 0) is 35.9 Å². The van der Waals surface area contributed by atoms with Gasteiger partial charge in [-0.15, -0.1) is 0 Å². The number of aromatic nitrogens is 1. The molecule has 8 heteroatoms. The number of rotatable bonds is 6. The van der Waals surface area contributed by atoms with Gasteiger partial charge in [0.1, 0.15) is 0 Å². The molecule has 2 amide bonds. The normalized spacial score (nSPS) is 19.8. The van der Waals surface area contributed by atoms with Gasteiger partial charge in [-0.1, -0.05) is 54.1 Å². The first-order valence-electron chi connectivity index (χ1n) is 13.4. The molecule has 3 aromatic carbocycles. The summed E-state index contributed by atoms with van der Waals surface area (Å²) in [6.45, 7) is 5.00. The molecular formula is C31H32ClN5O2. The third-order valence-electron chi connectivity index (χ3n) is 8.07. The molecule has 0 saturated carbocycles. The predicted molar refractivity (Wildman–Crippen MR) is 155 cm³/mol. The first-order chi connectivity index (χ1) is 19.0. The smallest absolute Gasteiger partial charge is 0.254 e. The Bertz CT molecular complexity index is 1510. The number of nitrogens with zero attached hydrogens (tertiary/aromatic N) is 3. The Morgan fingerprint density at radius 3 is 2.56 bits per heavy atom. The Morgan fingerprint density at radius 1 is 0.974 bits per heavy atom. The molecule has 3 heterocycles. The number of piperazine rings is 1. The number of benzene rings is 3. The number of H-pyrrole nitrogens is 1. The molecule has 0 radical (unpaired) electrons. The van der Waals surface area contributed by atoms with E-state index in [1.807, 2.05) is 72.9 Å². The van der Waals surface area contributed by atoms with Gasteiger partial charge in [0.25, 0.3) is 5.91 Å². The minimum atomic E-state index is -0.511. The Hall–Kier alpha value is -3.81. The molecule has 0 aliphatic carbocycles. The number of hydrogen-bond donors (Lipinski definition) is 2. The first kappa shape index (κ1) is 25.5. The van der Waals surface area contributed by atoms with E-state index in [4.69, 9.17) is 11.6 Å². The largest absolute Gasteiger partial charge is 0.369 e. The summed E-state index contributed by atoms with van der Waals surface area (Å²) in [6.07, 6.45) is 1.94. The summed E-state index contributed by atoms with van der Waals surface area (Å²) in [5.41, 5.74) is 4.46. The molecule has 1 aromatic heterocycles. The van der Waals surface area contributed by atoms with Crippen molar-refractivity contribution in [1.29, 1.82) is 0 Å². The lowest BCUT2D eigenvalue weighted by Crippen LogP contribution is -2.49. The van der Waals surface area contributed by atoms with Crippen LogP contribution in [0.3, 0.4) is 0 Å². The van der Waals surface area contributed by atoms with Crippen LogP contribution in [-0.4, -0.2) is 72.9 Å². The summed E-state index contributed by atoms with van der Waals surface area (Å²) in [7, 11) is 1.80. The fourth-order valence-electron chi connectivity index (χ4n) is 6.03. The zero-order valence-corrected chi connectivity index (χ0v) is 22.7. The van der Waals surface area contributed by atoms with E-state index in [1.54, 1.807) is 11.9 Å². The van der Waals surface area contributed by atoms with Crippen molar-refractivity contribution in [3.8, 4) is 0 Å². The number of aromatic amines is 1. The molecule has 200 valence electrons. The summed E-state index contributed by atoms with van der Waals surface area (Å²) >= 11 is 6.17. The minimum Gasteiger partial charge on any atom is -0.369 e. The van der Waals surface area contributed by atoms with Crippen LogP contribution < -0.4 is 10.2 Å². The standard InChI is InChI=1S/C31H32ClN5O2/c1-35-29(26-20-34-27-12-5-4-9-23(26)27)28(24-10-2-3-11-25(24)31(35)39)30(38)33-13-14-36-15-17-37(18-16-36)22-8-6-7-21(32)19-22/h2-12,19-20,28-29,34H,13-18H2,1H3,(H,33,38). The second kappa shape index (κ2) is 10.8. The van der Waals surface area contributed by atoms with Crippen LogP contribution >= 0.6 is 11.6 Å². The SMILES string of the molecule is CN1C(=O)c2ccccc2C(C(=O)NCCN2CCN(c3cccc(Cl)c3)CC2)C1c1c[nH]c2ccccc12. The number of hydrogen-bond acceptors (Lipinski definition) is 4. The second-order valence-corrected chi connectivity index (χ2v) is 10.8. The van der Waals surface area contributed by atoms with Crippen LogP contribution in [-0.2, 0) is 4.79 Å². The van der Waals surface area contributed by atoms with Gasteiger partial charge < -0.3 is 20.1 Å². The summed E-state index contributed by atoms with van der Waals surface area (Å²) < 4.78 is 0. The van der Waals surface area contributed by atoms with Crippen LogP contribution in [0, 0.1) is 0 Å². The van der Waals surface area contributed by atoms with Crippen molar-refractivity contribution in [3.05, 3.63) is 101 Å². The average Bonchev–Trinajstić information content (AvgIpc) is 3.39. The number of anilines is 1. The van der Waals surface area contributed by atoms with E-state index in [1.165, 1.54) is 0 Å². The molecule has 1 fully saturated rings. The van der Waals surface area contributed by atoms with Crippen molar-refractivity contribution in [3.63, 3.8) is 0 Å². The quantitative estimate of drug-likeness (QED) is 0.372. The van der Waals surface area contributed by atoms with Gasteiger partial charge in [0.15, 0.2) is 0 Å². The number of halogens is 1. The Kier molecular flexibility index (Phi) is 7.02. The highest BCUT2D eigenvalue weighted by Crippen LogP contribution is 2.44. The molecule has 2 aliphatic heterocycles. The summed E-state index contributed by atoms with van der Waals surface area (Å²) in [5, 5.41) is 4.98. The second-order valence-electron chi connectivity index (χ2n) is 10.3. The number of fused-ring (bicyclic) bond motifs is 2. The van der Waals surface area contributed by atoms with Crippen molar-refractivity contribution in [1.82, 2.24) is 20.1 Å². The topological polar surface area (TPSA) is 71.7 Å². The van der Waals surface area contributed by atoms with Gasteiger partial charge in [0, 0.05) is 85.3 Å². The van der Waals surface area contributed by atoms with Crippen molar-refractivity contribution in [2.45, 2.75) is 12.0 Å². The van der Waals surface area contributed by atoms with Crippen molar-refractivity contribution < 1.29 is 9.59 Å². The van der Waals surface area contributed by atoms with Crippen LogP contribution in [0.5, 0.6) is 0 Å². The van der Waals surface area contributed by atoms with E-state index in [0.29, 0.717) is 12.1 Å². The number of likely N-dealkylation sites (N-methyl/N-ethyl adjacent to an activating group) is 1. The first-order valence-corrected chi connectivity index (χ1v) is 13.8. The minimum absolute atomic E-state index is 0.0605. The molecule has 7 nitrogen and oxygen atoms in total. The van der Waals surface area contributed by atoms with Gasteiger partial charge in [0.2, 0.25) is 5.91 Å². The lowest BCUT2D eigenvalue weighted by molar-refractivity contribution is -0.124. The molecule has 0 spiro atoms. The fraction of sp³-hybridized carbons (Fsp3) is 0.290. The lowest BCUT2D eigenvalue weighted by Gasteiger charge is -2.39. The number of para-hydroxylation sites is 1. The number of nitrogens with one attached hydrogen (secondary N) is 2. The highest BCUT2D eigenvalue weighted by atomic mass is 35.5. The summed E-state index contributed by atoms with van der Waals surface area (Å²) in [4.78, 5) is 37.0. The lowest BCUT2D eigenvalue weighted by atomic mass is 9.79. The molecule has 4 aromatic rings. The third kappa shape index (κ3) is 4.88. The number of carbonyl (C=O) groups excluding carboxylic acids is 2. The maximum atomic E-state index is 13.9. The zero-order chi connectivity index (χ0) is 26.9. The van der Waals surface area contributed by atoms with Gasteiger partial charge >= 0.3 is 0 Å². The van der Waals surface area contributed by atoms with Crippen LogP contribution in [0.1, 0.15) is 33.4 Å². The molecule has 2 N–H and O–H groups in total. The van der Waals surface area contributed by atoms with Gasteiger partial charge in [0.05, 0.1) is 12.0 Å². The molecule has 6 rings (SSSR count). The highest BCUT2D eigenvalue weighted by Gasteiger charge is 2.43. The van der Waals surface area contributed by atoms with Gasteiger partial charge in [-0.3, -0.25) is 14.5 Å². The maximum Gasteiger partial charge on any atom is 0.254 e. The number of carbonyl (C=O) groups is 2. The Labute approximate surface area is 233 Å². The van der Waals surface area contributed by atoms with E-state index in [0.717, 1.165) is 65.5 Å². The highest BCUT2D eigenvalue weighted by molar-refractivity contribution is 6.30. The van der Waals surface area contributed by atoms with Crippen LogP contribution in [0.4, 0.5) is 5.69 Å². The Morgan fingerprint density at radius 2 is 1.74 bits per heavy atom. The average molecular weight is 542 g/mol. The van der Waals surface area contributed by atoms with Crippen LogP contribution in [0.25, 0.3) is 10.9 Å². The number of amides is 2. The third-order valence-corrected chi connectivity index (χ3v) is 8.31. The van der Waals surface area contributed by atoms with Crippen molar-refractivity contribution >= 4 is 40.0 Å². The predicted octanol–water partition coefficient (Wildman–Crippen LogP) is 4.67. The van der Waals surface area contributed by atoms with Crippen molar-refractivity contribution in [2.24, 2.45) is 0 Å². The summed E-state index contributed by atoms with van der Waals surface area (Å²) in [6, 6.07) is 23.1. The van der Waals surface area contributed by atoms with E-state index in [2.05, 4.69) is 26.2 Å². The fourth-order valence-corrected chi connectivity index (χ4v) is 6.22. The van der Waals surface area contributed by atoms with Gasteiger partial charge in [-0.2, -0.15) is 0 Å². The maximum absolute atomic E-state index is 13.9.